The van der Waals surface area contributed by atoms with E-state index in [9.17, 15) is 0 Å². The van der Waals surface area contributed by atoms with E-state index in [1.807, 2.05) is 42.5 Å². The van der Waals surface area contributed by atoms with E-state index in [1.54, 1.807) is 0 Å². The molecule has 0 aliphatic carbocycles. The molecule has 0 atom stereocenters. The monoisotopic (exact) mass is 326 g/mol. The van der Waals surface area contributed by atoms with Gasteiger partial charge in [0.05, 0.1) is 6.61 Å². The predicted molar refractivity (Wildman–Crippen MR) is 75.8 cm³/mol. The SMILES string of the molecule is OCc1cccc(OCc2ccc(Cl)cc2Br)c1. The zero-order chi connectivity index (χ0) is 13.0. The molecule has 4 heteroatoms. The Morgan fingerprint density at radius 3 is 2.72 bits per heavy atom. The highest BCUT2D eigenvalue weighted by Crippen LogP contribution is 2.23. The van der Waals surface area contributed by atoms with Crippen LogP contribution in [0.25, 0.3) is 0 Å². The first-order chi connectivity index (χ1) is 8.69. The fourth-order valence-corrected chi connectivity index (χ4v) is 2.33. The molecule has 2 rings (SSSR count). The molecule has 0 saturated heterocycles. The molecule has 0 aliphatic heterocycles. The second-order valence-electron chi connectivity index (χ2n) is 3.83. The lowest BCUT2D eigenvalue weighted by molar-refractivity contribution is 0.278. The standard InChI is InChI=1S/C14H12BrClO2/c15-14-7-12(16)5-4-11(14)9-18-13-3-1-2-10(6-13)8-17/h1-7,17H,8-9H2. The number of ether oxygens (including phenoxy) is 1. The van der Waals surface area contributed by atoms with Crippen LogP contribution in [-0.4, -0.2) is 5.11 Å². The first-order valence-corrected chi connectivity index (χ1v) is 6.62. The van der Waals surface area contributed by atoms with E-state index in [0.717, 1.165) is 21.3 Å². The third-order valence-corrected chi connectivity index (χ3v) is 3.46. The van der Waals surface area contributed by atoms with Crippen LogP contribution in [0.5, 0.6) is 5.75 Å². The van der Waals surface area contributed by atoms with Crippen molar-refractivity contribution >= 4 is 27.5 Å². The van der Waals surface area contributed by atoms with Gasteiger partial charge in [-0.25, -0.2) is 0 Å². The van der Waals surface area contributed by atoms with Gasteiger partial charge in [-0.2, -0.15) is 0 Å². The molecule has 0 heterocycles. The van der Waals surface area contributed by atoms with Crippen LogP contribution in [0.15, 0.2) is 46.9 Å². The zero-order valence-electron chi connectivity index (χ0n) is 9.57. The Balaban J connectivity index is 2.06. The minimum atomic E-state index is 0.0157. The molecule has 0 radical (unpaired) electrons. The molecule has 2 nitrogen and oxygen atoms in total. The third kappa shape index (κ3) is 3.48. The average molecular weight is 328 g/mol. The highest BCUT2D eigenvalue weighted by atomic mass is 79.9. The summed E-state index contributed by atoms with van der Waals surface area (Å²) in [6, 6.07) is 13.0. The summed E-state index contributed by atoms with van der Waals surface area (Å²) < 4.78 is 6.60. The topological polar surface area (TPSA) is 29.5 Å². The van der Waals surface area contributed by atoms with Crippen LogP contribution in [0, 0.1) is 0 Å². The molecule has 94 valence electrons. The van der Waals surface area contributed by atoms with Gasteiger partial charge in [0.1, 0.15) is 12.4 Å². The predicted octanol–water partition coefficient (Wildman–Crippen LogP) is 4.17. The van der Waals surface area contributed by atoms with E-state index in [-0.39, 0.29) is 6.61 Å². The van der Waals surface area contributed by atoms with Gasteiger partial charge in [-0.05, 0) is 29.8 Å². The van der Waals surface area contributed by atoms with Gasteiger partial charge in [0, 0.05) is 15.1 Å². The van der Waals surface area contributed by atoms with E-state index >= 15 is 0 Å². The van der Waals surface area contributed by atoms with Crippen LogP contribution < -0.4 is 4.74 Å². The molecule has 0 aromatic heterocycles. The Kier molecular flexibility index (Phi) is 4.64. The summed E-state index contributed by atoms with van der Waals surface area (Å²) in [5.41, 5.74) is 1.86. The minimum absolute atomic E-state index is 0.0157. The van der Waals surface area contributed by atoms with Crippen molar-refractivity contribution in [3.8, 4) is 5.75 Å². The van der Waals surface area contributed by atoms with Gasteiger partial charge < -0.3 is 9.84 Å². The van der Waals surface area contributed by atoms with E-state index in [2.05, 4.69) is 15.9 Å². The zero-order valence-corrected chi connectivity index (χ0v) is 11.9. The number of aliphatic hydroxyl groups is 1. The Morgan fingerprint density at radius 1 is 1.17 bits per heavy atom. The Bertz CT molecular complexity index is 543. The summed E-state index contributed by atoms with van der Waals surface area (Å²) in [6.07, 6.45) is 0. The number of hydrogen-bond donors (Lipinski definition) is 1. The maximum absolute atomic E-state index is 9.04. The Hall–Kier alpha value is -1.03. The molecule has 0 spiro atoms. The second-order valence-corrected chi connectivity index (χ2v) is 5.12. The normalized spacial score (nSPS) is 10.4. The molecule has 0 saturated carbocycles. The summed E-state index contributed by atoms with van der Waals surface area (Å²) in [5.74, 6) is 0.739. The van der Waals surface area contributed by atoms with Gasteiger partial charge in [-0.3, -0.25) is 0 Å². The lowest BCUT2D eigenvalue weighted by Crippen LogP contribution is -1.97. The van der Waals surface area contributed by atoms with Crippen molar-refractivity contribution in [2.24, 2.45) is 0 Å². The van der Waals surface area contributed by atoms with Crippen molar-refractivity contribution in [1.82, 2.24) is 0 Å². The first kappa shape index (κ1) is 13.4. The molecular formula is C14H12BrClO2. The largest absolute Gasteiger partial charge is 0.489 e. The maximum Gasteiger partial charge on any atom is 0.120 e. The summed E-state index contributed by atoms with van der Waals surface area (Å²) in [4.78, 5) is 0. The van der Waals surface area contributed by atoms with Gasteiger partial charge in [-0.1, -0.05) is 45.7 Å². The smallest absolute Gasteiger partial charge is 0.120 e. The third-order valence-electron chi connectivity index (χ3n) is 2.49. The van der Waals surface area contributed by atoms with Crippen LogP contribution in [0.4, 0.5) is 0 Å². The summed E-state index contributed by atoms with van der Waals surface area (Å²) in [7, 11) is 0. The van der Waals surface area contributed by atoms with E-state index in [0.29, 0.717) is 11.6 Å². The summed E-state index contributed by atoms with van der Waals surface area (Å²) in [6.45, 7) is 0.467. The molecule has 2 aromatic carbocycles. The molecular weight excluding hydrogens is 316 g/mol. The number of rotatable bonds is 4. The average Bonchev–Trinajstić information content (AvgIpc) is 2.38. The molecule has 18 heavy (non-hydrogen) atoms. The van der Waals surface area contributed by atoms with Crippen LogP contribution in [0.1, 0.15) is 11.1 Å². The summed E-state index contributed by atoms with van der Waals surface area (Å²) in [5, 5.41) is 9.73. The van der Waals surface area contributed by atoms with E-state index < -0.39 is 0 Å². The number of benzene rings is 2. The van der Waals surface area contributed by atoms with E-state index in [1.165, 1.54) is 0 Å². The van der Waals surface area contributed by atoms with Crippen LogP contribution in [0.3, 0.4) is 0 Å². The molecule has 0 bridgehead atoms. The van der Waals surface area contributed by atoms with Crippen LogP contribution in [-0.2, 0) is 13.2 Å². The molecule has 0 amide bonds. The maximum atomic E-state index is 9.04. The van der Waals surface area contributed by atoms with Gasteiger partial charge >= 0.3 is 0 Å². The van der Waals surface area contributed by atoms with Crippen molar-refractivity contribution in [3.63, 3.8) is 0 Å². The van der Waals surface area contributed by atoms with Crippen molar-refractivity contribution in [3.05, 3.63) is 63.1 Å². The molecule has 0 aliphatic rings. The highest BCUT2D eigenvalue weighted by Gasteiger charge is 2.02. The van der Waals surface area contributed by atoms with Crippen LogP contribution >= 0.6 is 27.5 Å². The van der Waals surface area contributed by atoms with Gasteiger partial charge in [0.15, 0.2) is 0 Å². The second kappa shape index (κ2) is 6.23. The molecule has 1 N–H and O–H groups in total. The molecule has 2 aromatic rings. The Labute approximate surface area is 119 Å². The fraction of sp³-hybridized carbons (Fsp3) is 0.143. The first-order valence-electron chi connectivity index (χ1n) is 5.45. The van der Waals surface area contributed by atoms with Crippen LogP contribution in [0.2, 0.25) is 5.02 Å². The number of aliphatic hydroxyl groups excluding tert-OH is 1. The molecule has 0 unspecified atom stereocenters. The lowest BCUT2D eigenvalue weighted by atomic mass is 10.2. The fourth-order valence-electron chi connectivity index (χ4n) is 1.53. The van der Waals surface area contributed by atoms with Crippen molar-refractivity contribution < 1.29 is 9.84 Å². The van der Waals surface area contributed by atoms with Crippen molar-refractivity contribution in [2.45, 2.75) is 13.2 Å². The number of halogens is 2. The molecule has 0 fully saturated rings. The number of hydrogen-bond acceptors (Lipinski definition) is 2. The summed E-state index contributed by atoms with van der Waals surface area (Å²) >= 11 is 9.32. The van der Waals surface area contributed by atoms with E-state index in [4.69, 9.17) is 21.4 Å². The van der Waals surface area contributed by atoms with Gasteiger partial charge in [-0.15, -0.1) is 0 Å². The van der Waals surface area contributed by atoms with Gasteiger partial charge in [0.2, 0.25) is 0 Å². The minimum Gasteiger partial charge on any atom is -0.489 e. The quantitative estimate of drug-likeness (QED) is 0.913. The lowest BCUT2D eigenvalue weighted by Gasteiger charge is -2.09. The van der Waals surface area contributed by atoms with Gasteiger partial charge in [0.25, 0.3) is 0 Å². The van der Waals surface area contributed by atoms with Crippen molar-refractivity contribution in [1.29, 1.82) is 0 Å². The van der Waals surface area contributed by atoms with Crippen molar-refractivity contribution in [2.75, 3.05) is 0 Å². The Morgan fingerprint density at radius 2 is 2.00 bits per heavy atom. The highest BCUT2D eigenvalue weighted by molar-refractivity contribution is 9.10.